The smallest absolute Gasteiger partial charge is 0.244 e. The van der Waals surface area contributed by atoms with Crippen molar-refractivity contribution in [3.05, 3.63) is 17.1 Å². The Balaban J connectivity index is 2.25. The summed E-state index contributed by atoms with van der Waals surface area (Å²) in [6, 6.07) is 0.0751. The van der Waals surface area contributed by atoms with Crippen LogP contribution in [0.25, 0.3) is 0 Å². The predicted molar refractivity (Wildman–Crippen MR) is 78.1 cm³/mol. The van der Waals surface area contributed by atoms with Crippen molar-refractivity contribution in [1.82, 2.24) is 10.0 Å². The molecule has 1 fully saturated rings. The zero-order valence-corrected chi connectivity index (χ0v) is 13.4. The Morgan fingerprint density at radius 2 is 1.95 bits per heavy atom. The number of hydrogen-bond donors (Lipinski definition) is 2. The standard InChI is InChI=1S/C14H24N2O3S/c1-5-6-15-8-12-10(3)19-11(4)14(12)20(17,18)16-13-7-9(13)2/h9,13,15-16H,5-8H2,1-4H3. The van der Waals surface area contributed by atoms with E-state index >= 15 is 0 Å². The summed E-state index contributed by atoms with van der Waals surface area (Å²) in [5, 5.41) is 3.24. The first-order valence-electron chi connectivity index (χ1n) is 7.18. The molecule has 1 heterocycles. The Labute approximate surface area is 121 Å². The van der Waals surface area contributed by atoms with Crippen LogP contribution in [0.15, 0.2) is 9.31 Å². The first-order valence-corrected chi connectivity index (χ1v) is 8.67. The average Bonchev–Trinajstić information content (AvgIpc) is 2.92. The first-order chi connectivity index (χ1) is 9.36. The molecule has 1 aromatic rings. The number of rotatable bonds is 7. The fraction of sp³-hybridized carbons (Fsp3) is 0.714. The number of aryl methyl sites for hydroxylation is 2. The van der Waals surface area contributed by atoms with Crippen LogP contribution < -0.4 is 10.0 Å². The van der Waals surface area contributed by atoms with Gasteiger partial charge in [-0.2, -0.15) is 0 Å². The molecule has 1 aromatic heterocycles. The van der Waals surface area contributed by atoms with Crippen molar-refractivity contribution in [2.24, 2.45) is 5.92 Å². The molecule has 1 aliphatic rings. The zero-order chi connectivity index (χ0) is 14.9. The third-order valence-electron chi connectivity index (χ3n) is 3.74. The molecule has 2 atom stereocenters. The van der Waals surface area contributed by atoms with Gasteiger partial charge in [-0.1, -0.05) is 13.8 Å². The van der Waals surface area contributed by atoms with Crippen molar-refractivity contribution in [2.45, 2.75) is 58.0 Å². The summed E-state index contributed by atoms with van der Waals surface area (Å²) in [4.78, 5) is 0.317. The topological polar surface area (TPSA) is 71.3 Å². The molecule has 0 spiro atoms. The number of hydrogen-bond acceptors (Lipinski definition) is 4. The quantitative estimate of drug-likeness (QED) is 0.756. The Morgan fingerprint density at radius 3 is 2.50 bits per heavy atom. The van der Waals surface area contributed by atoms with Crippen LogP contribution in [0.4, 0.5) is 0 Å². The lowest BCUT2D eigenvalue weighted by Gasteiger charge is -2.09. The van der Waals surface area contributed by atoms with Crippen LogP contribution >= 0.6 is 0 Å². The van der Waals surface area contributed by atoms with Crippen molar-refractivity contribution in [1.29, 1.82) is 0 Å². The summed E-state index contributed by atoms with van der Waals surface area (Å²) >= 11 is 0. The Hall–Kier alpha value is -0.850. The summed E-state index contributed by atoms with van der Waals surface area (Å²) in [6.07, 6.45) is 1.92. The molecule has 2 N–H and O–H groups in total. The lowest BCUT2D eigenvalue weighted by molar-refractivity contribution is 0.492. The van der Waals surface area contributed by atoms with E-state index in [1.807, 2.05) is 13.8 Å². The van der Waals surface area contributed by atoms with E-state index in [0.717, 1.165) is 24.9 Å². The molecule has 0 aromatic carbocycles. The molecule has 114 valence electrons. The van der Waals surface area contributed by atoms with Gasteiger partial charge in [-0.05, 0) is 39.2 Å². The van der Waals surface area contributed by atoms with Gasteiger partial charge in [0.15, 0.2) is 0 Å². The molecule has 0 bridgehead atoms. The monoisotopic (exact) mass is 300 g/mol. The van der Waals surface area contributed by atoms with Crippen molar-refractivity contribution in [3.63, 3.8) is 0 Å². The van der Waals surface area contributed by atoms with Gasteiger partial charge < -0.3 is 9.73 Å². The highest BCUT2D eigenvalue weighted by Crippen LogP contribution is 2.33. The SMILES string of the molecule is CCCNCc1c(C)oc(C)c1S(=O)(=O)NC1CC1C. The van der Waals surface area contributed by atoms with E-state index < -0.39 is 10.0 Å². The van der Waals surface area contributed by atoms with Crippen LogP contribution in [0.5, 0.6) is 0 Å². The van der Waals surface area contributed by atoms with Crippen molar-refractivity contribution in [2.75, 3.05) is 6.54 Å². The Morgan fingerprint density at radius 1 is 1.30 bits per heavy atom. The highest BCUT2D eigenvalue weighted by atomic mass is 32.2. The van der Waals surface area contributed by atoms with Gasteiger partial charge in [0.1, 0.15) is 16.4 Å². The van der Waals surface area contributed by atoms with Gasteiger partial charge in [0, 0.05) is 18.2 Å². The molecule has 2 rings (SSSR count). The van der Waals surface area contributed by atoms with Gasteiger partial charge in [0.05, 0.1) is 0 Å². The maximum absolute atomic E-state index is 12.5. The third kappa shape index (κ3) is 3.24. The summed E-state index contributed by atoms with van der Waals surface area (Å²) in [5.74, 6) is 1.58. The van der Waals surface area contributed by atoms with Crippen LogP contribution in [0, 0.1) is 19.8 Å². The van der Waals surface area contributed by atoms with Gasteiger partial charge >= 0.3 is 0 Å². The summed E-state index contributed by atoms with van der Waals surface area (Å²) in [6.45, 7) is 9.03. The molecular formula is C14H24N2O3S. The number of sulfonamides is 1. The van der Waals surface area contributed by atoms with E-state index in [1.165, 1.54) is 0 Å². The largest absolute Gasteiger partial charge is 0.465 e. The van der Waals surface area contributed by atoms with Crippen LogP contribution in [0.1, 0.15) is 43.8 Å². The highest BCUT2D eigenvalue weighted by molar-refractivity contribution is 7.89. The lowest BCUT2D eigenvalue weighted by Crippen LogP contribution is -2.28. The van der Waals surface area contributed by atoms with Gasteiger partial charge in [0.25, 0.3) is 0 Å². The van der Waals surface area contributed by atoms with Gasteiger partial charge in [-0.25, -0.2) is 13.1 Å². The Kier molecular flexibility index (Phi) is 4.56. The van der Waals surface area contributed by atoms with Gasteiger partial charge in [-0.3, -0.25) is 0 Å². The van der Waals surface area contributed by atoms with E-state index in [-0.39, 0.29) is 6.04 Å². The second-order valence-electron chi connectivity index (χ2n) is 5.64. The molecule has 0 aliphatic heterocycles. The van der Waals surface area contributed by atoms with E-state index in [1.54, 1.807) is 6.92 Å². The average molecular weight is 300 g/mol. The molecule has 1 aliphatic carbocycles. The van der Waals surface area contributed by atoms with E-state index in [2.05, 4.69) is 17.0 Å². The molecule has 1 saturated carbocycles. The van der Waals surface area contributed by atoms with Gasteiger partial charge in [0.2, 0.25) is 10.0 Å². The van der Waals surface area contributed by atoms with Crippen LogP contribution in [0.3, 0.4) is 0 Å². The molecule has 0 saturated heterocycles. The lowest BCUT2D eigenvalue weighted by atomic mass is 10.2. The molecular weight excluding hydrogens is 276 g/mol. The number of nitrogens with one attached hydrogen (secondary N) is 2. The van der Waals surface area contributed by atoms with Crippen LogP contribution in [-0.2, 0) is 16.6 Å². The minimum Gasteiger partial charge on any atom is -0.465 e. The zero-order valence-electron chi connectivity index (χ0n) is 12.6. The third-order valence-corrected chi connectivity index (χ3v) is 5.42. The van der Waals surface area contributed by atoms with Gasteiger partial charge in [-0.15, -0.1) is 0 Å². The fourth-order valence-corrected chi connectivity index (χ4v) is 4.21. The maximum Gasteiger partial charge on any atom is 0.244 e. The highest BCUT2D eigenvalue weighted by Gasteiger charge is 2.38. The molecule has 5 nitrogen and oxygen atoms in total. The summed E-state index contributed by atoms with van der Waals surface area (Å²) in [7, 11) is -3.49. The molecule has 0 amide bonds. The first kappa shape index (κ1) is 15.5. The Bertz CT molecular complexity index is 577. The maximum atomic E-state index is 12.5. The molecule has 2 unspecified atom stereocenters. The van der Waals surface area contributed by atoms with Crippen molar-refractivity contribution >= 4 is 10.0 Å². The predicted octanol–water partition coefficient (Wildman–Crippen LogP) is 2.08. The minimum atomic E-state index is -3.49. The van der Waals surface area contributed by atoms with Crippen molar-refractivity contribution in [3.8, 4) is 0 Å². The van der Waals surface area contributed by atoms with Crippen molar-refractivity contribution < 1.29 is 12.8 Å². The van der Waals surface area contributed by atoms with Crippen LogP contribution in [0.2, 0.25) is 0 Å². The minimum absolute atomic E-state index is 0.0751. The fourth-order valence-electron chi connectivity index (χ4n) is 2.40. The normalized spacial score (nSPS) is 22.2. The van der Waals surface area contributed by atoms with E-state index in [9.17, 15) is 8.42 Å². The van der Waals surface area contributed by atoms with Crippen LogP contribution in [-0.4, -0.2) is 21.0 Å². The number of furan rings is 1. The summed E-state index contributed by atoms with van der Waals surface area (Å²) in [5.41, 5.74) is 0.747. The molecule has 0 radical (unpaired) electrons. The van der Waals surface area contributed by atoms with E-state index in [0.29, 0.717) is 28.9 Å². The van der Waals surface area contributed by atoms with E-state index in [4.69, 9.17) is 4.42 Å². The molecule has 6 heteroatoms. The summed E-state index contributed by atoms with van der Waals surface area (Å²) < 4.78 is 33.3. The second kappa shape index (κ2) is 5.87. The molecule has 20 heavy (non-hydrogen) atoms. The second-order valence-corrected chi connectivity index (χ2v) is 7.29.